The molecular weight excluding hydrogens is 317 g/mol. The van der Waals surface area contributed by atoms with Crippen molar-refractivity contribution in [2.45, 2.75) is 18.7 Å². The molecule has 0 saturated carbocycles. The number of alkyl halides is 3. The number of carbonyl (C=O) groups is 1. The SMILES string of the molecule is Cn1cc([C@H]2OCC[C@@H]2C(=O)Nc2nc(C(F)(F)F)co2)cn1. The summed E-state index contributed by atoms with van der Waals surface area (Å²) in [6.07, 6.45) is -0.911. The molecule has 0 spiro atoms. The van der Waals surface area contributed by atoms with Crippen LogP contribution < -0.4 is 5.32 Å². The van der Waals surface area contributed by atoms with Gasteiger partial charge in [0.1, 0.15) is 6.26 Å². The fourth-order valence-corrected chi connectivity index (χ4v) is 2.43. The molecular formula is C13H13F3N4O3. The maximum absolute atomic E-state index is 12.5. The Bertz CT molecular complexity index is 709. The summed E-state index contributed by atoms with van der Waals surface area (Å²) in [4.78, 5) is 15.5. The van der Waals surface area contributed by atoms with Gasteiger partial charge < -0.3 is 9.15 Å². The first kappa shape index (κ1) is 15.5. The lowest BCUT2D eigenvalue weighted by Crippen LogP contribution is -2.25. The predicted molar refractivity (Wildman–Crippen MR) is 70.1 cm³/mol. The molecule has 1 aliphatic heterocycles. The van der Waals surface area contributed by atoms with E-state index in [0.29, 0.717) is 19.3 Å². The van der Waals surface area contributed by atoms with E-state index in [4.69, 9.17) is 4.74 Å². The quantitative estimate of drug-likeness (QED) is 0.932. The van der Waals surface area contributed by atoms with Crippen LogP contribution in [0.25, 0.3) is 0 Å². The van der Waals surface area contributed by atoms with Gasteiger partial charge in [-0.15, -0.1) is 0 Å². The lowest BCUT2D eigenvalue weighted by Gasteiger charge is -2.15. The molecule has 1 saturated heterocycles. The van der Waals surface area contributed by atoms with Gasteiger partial charge in [0, 0.05) is 25.4 Å². The van der Waals surface area contributed by atoms with Crippen LogP contribution in [0.5, 0.6) is 0 Å². The molecule has 0 bridgehead atoms. The Morgan fingerprint density at radius 3 is 2.87 bits per heavy atom. The highest BCUT2D eigenvalue weighted by atomic mass is 19.4. The van der Waals surface area contributed by atoms with Crippen LogP contribution in [0.1, 0.15) is 23.8 Å². The Hall–Kier alpha value is -2.36. The Kier molecular flexibility index (Phi) is 3.84. The highest BCUT2D eigenvalue weighted by molar-refractivity contribution is 5.91. The highest BCUT2D eigenvalue weighted by Crippen LogP contribution is 2.35. The van der Waals surface area contributed by atoms with E-state index in [0.717, 1.165) is 5.56 Å². The Morgan fingerprint density at radius 2 is 2.26 bits per heavy atom. The molecule has 0 radical (unpaired) electrons. The maximum atomic E-state index is 12.5. The number of aromatic nitrogens is 3. The summed E-state index contributed by atoms with van der Waals surface area (Å²) in [5, 5.41) is 6.28. The number of nitrogens with zero attached hydrogens (tertiary/aromatic N) is 3. The zero-order chi connectivity index (χ0) is 16.6. The van der Waals surface area contributed by atoms with Crippen LogP contribution in [0.15, 0.2) is 23.1 Å². The van der Waals surface area contributed by atoms with E-state index in [-0.39, 0.29) is 0 Å². The average Bonchev–Trinajstić information content (AvgIpc) is 3.15. The second-order valence-electron chi connectivity index (χ2n) is 5.16. The molecule has 10 heteroatoms. The van der Waals surface area contributed by atoms with E-state index >= 15 is 0 Å². The third kappa shape index (κ3) is 3.21. The topological polar surface area (TPSA) is 82.2 Å². The Labute approximate surface area is 128 Å². The van der Waals surface area contributed by atoms with E-state index in [2.05, 4.69) is 19.8 Å². The summed E-state index contributed by atoms with van der Waals surface area (Å²) in [7, 11) is 1.74. The molecule has 1 N–H and O–H groups in total. The summed E-state index contributed by atoms with van der Waals surface area (Å²) >= 11 is 0. The highest BCUT2D eigenvalue weighted by Gasteiger charge is 2.38. The number of carbonyl (C=O) groups excluding carboxylic acids is 1. The van der Waals surface area contributed by atoms with Crippen molar-refractivity contribution in [3.05, 3.63) is 29.9 Å². The van der Waals surface area contributed by atoms with Crippen molar-refractivity contribution in [1.29, 1.82) is 0 Å². The number of nitrogens with one attached hydrogen (secondary N) is 1. The molecule has 1 amide bonds. The summed E-state index contributed by atoms with van der Waals surface area (Å²) < 4.78 is 49.1. The molecule has 0 aliphatic carbocycles. The molecule has 0 unspecified atom stereocenters. The zero-order valence-corrected chi connectivity index (χ0v) is 12.0. The third-order valence-electron chi connectivity index (χ3n) is 3.51. The normalized spacial score (nSPS) is 21.6. The molecule has 23 heavy (non-hydrogen) atoms. The fraction of sp³-hybridized carbons (Fsp3) is 0.462. The van der Waals surface area contributed by atoms with Crippen molar-refractivity contribution in [3.63, 3.8) is 0 Å². The van der Waals surface area contributed by atoms with Crippen LogP contribution in [0.4, 0.5) is 19.2 Å². The first-order chi connectivity index (χ1) is 10.8. The number of rotatable bonds is 3. The van der Waals surface area contributed by atoms with Gasteiger partial charge in [0.2, 0.25) is 5.91 Å². The van der Waals surface area contributed by atoms with Gasteiger partial charge in [0.05, 0.1) is 18.2 Å². The smallest absolute Gasteiger partial charge is 0.431 e. The van der Waals surface area contributed by atoms with Gasteiger partial charge in [-0.05, 0) is 6.42 Å². The number of oxazole rings is 1. The van der Waals surface area contributed by atoms with E-state index in [1.165, 1.54) is 0 Å². The molecule has 1 aliphatic rings. The molecule has 2 aromatic heterocycles. The van der Waals surface area contributed by atoms with Gasteiger partial charge in [0.15, 0.2) is 5.69 Å². The fourth-order valence-electron chi connectivity index (χ4n) is 2.43. The maximum Gasteiger partial charge on any atom is 0.436 e. The van der Waals surface area contributed by atoms with Crippen molar-refractivity contribution < 1.29 is 27.1 Å². The van der Waals surface area contributed by atoms with Crippen LogP contribution in [-0.4, -0.2) is 27.3 Å². The molecule has 1 fully saturated rings. The second kappa shape index (κ2) is 5.69. The largest absolute Gasteiger partial charge is 0.436 e. The minimum atomic E-state index is -4.62. The van der Waals surface area contributed by atoms with Gasteiger partial charge in [-0.2, -0.15) is 23.3 Å². The third-order valence-corrected chi connectivity index (χ3v) is 3.51. The molecule has 0 aromatic carbocycles. The van der Waals surface area contributed by atoms with Crippen molar-refractivity contribution in [1.82, 2.24) is 14.8 Å². The minimum Gasteiger partial charge on any atom is -0.431 e. The zero-order valence-electron chi connectivity index (χ0n) is 12.0. The lowest BCUT2D eigenvalue weighted by atomic mass is 9.96. The van der Waals surface area contributed by atoms with Crippen molar-refractivity contribution in [2.75, 3.05) is 11.9 Å². The minimum absolute atomic E-state index is 0.372. The molecule has 2 aromatic rings. The monoisotopic (exact) mass is 330 g/mol. The molecule has 3 heterocycles. The van der Waals surface area contributed by atoms with Gasteiger partial charge in [-0.3, -0.25) is 14.8 Å². The van der Waals surface area contributed by atoms with Crippen LogP contribution in [0.3, 0.4) is 0 Å². The summed E-state index contributed by atoms with van der Waals surface area (Å²) in [5.41, 5.74) is -0.465. The van der Waals surface area contributed by atoms with E-state index in [1.54, 1.807) is 24.1 Å². The predicted octanol–water partition coefficient (Wildman–Crippen LogP) is 2.14. The van der Waals surface area contributed by atoms with Crippen molar-refractivity contribution in [3.8, 4) is 0 Å². The number of aryl methyl sites for hydroxylation is 1. The van der Waals surface area contributed by atoms with E-state index in [9.17, 15) is 18.0 Å². The first-order valence-electron chi connectivity index (χ1n) is 6.78. The van der Waals surface area contributed by atoms with Gasteiger partial charge in [-0.25, -0.2) is 0 Å². The number of amides is 1. The number of ether oxygens (including phenoxy) is 1. The van der Waals surface area contributed by atoms with Gasteiger partial charge in [-0.1, -0.05) is 0 Å². The molecule has 3 rings (SSSR count). The summed E-state index contributed by atoms with van der Waals surface area (Å²) in [6.45, 7) is 0.372. The lowest BCUT2D eigenvalue weighted by molar-refractivity contribution is -0.141. The van der Waals surface area contributed by atoms with Crippen LogP contribution in [0.2, 0.25) is 0 Å². The summed E-state index contributed by atoms with van der Waals surface area (Å²) in [5.74, 6) is -1.06. The van der Waals surface area contributed by atoms with E-state index in [1.807, 2.05) is 0 Å². The standard InChI is InChI=1S/C13H13F3N4O3/c1-20-5-7(4-17-20)10-8(2-3-22-10)11(21)19-12-18-9(6-23-12)13(14,15)16/h4-6,8,10H,2-3H2,1H3,(H,18,19,21)/t8-,10+/m0/s1. The van der Waals surface area contributed by atoms with Crippen LogP contribution in [0, 0.1) is 5.92 Å². The number of halogens is 3. The average molecular weight is 330 g/mol. The number of hydrogen-bond donors (Lipinski definition) is 1. The first-order valence-corrected chi connectivity index (χ1v) is 6.78. The van der Waals surface area contributed by atoms with Gasteiger partial charge >= 0.3 is 12.2 Å². The summed E-state index contributed by atoms with van der Waals surface area (Å²) in [6, 6.07) is -0.487. The van der Waals surface area contributed by atoms with E-state index < -0.39 is 35.8 Å². The van der Waals surface area contributed by atoms with Crippen LogP contribution >= 0.6 is 0 Å². The van der Waals surface area contributed by atoms with Crippen molar-refractivity contribution >= 4 is 11.9 Å². The second-order valence-corrected chi connectivity index (χ2v) is 5.16. The molecule has 7 nitrogen and oxygen atoms in total. The molecule has 124 valence electrons. The Morgan fingerprint density at radius 1 is 1.48 bits per heavy atom. The number of anilines is 1. The van der Waals surface area contributed by atoms with Gasteiger partial charge in [0.25, 0.3) is 0 Å². The van der Waals surface area contributed by atoms with Crippen LogP contribution in [-0.2, 0) is 22.8 Å². The van der Waals surface area contributed by atoms with Crippen molar-refractivity contribution in [2.24, 2.45) is 13.0 Å². The Balaban J connectivity index is 1.71. The number of hydrogen-bond acceptors (Lipinski definition) is 5. The molecule has 2 atom stereocenters.